The van der Waals surface area contributed by atoms with E-state index in [0.29, 0.717) is 24.8 Å². The second-order valence-electron chi connectivity index (χ2n) is 5.45. The van der Waals surface area contributed by atoms with Crippen LogP contribution < -0.4 is 10.6 Å². The lowest BCUT2D eigenvalue weighted by Gasteiger charge is -2.18. The minimum Gasteiger partial charge on any atom is -0.394 e. The van der Waals surface area contributed by atoms with Gasteiger partial charge in [0.2, 0.25) is 0 Å². The number of carbonyl (C=O) groups excluding carboxylic acids is 1. The van der Waals surface area contributed by atoms with Crippen LogP contribution in [0.2, 0.25) is 0 Å². The van der Waals surface area contributed by atoms with E-state index in [1.54, 1.807) is 0 Å². The zero-order valence-electron chi connectivity index (χ0n) is 13.1. The molecule has 0 aliphatic heterocycles. The lowest BCUT2D eigenvalue weighted by molar-refractivity contribution is 0.134. The number of urea groups is 1. The Morgan fingerprint density at radius 1 is 1.38 bits per heavy atom. The number of hydrogen-bond acceptors (Lipinski definition) is 3. The monoisotopic (exact) mass is 294 g/mol. The van der Waals surface area contributed by atoms with Gasteiger partial charge in [-0.1, -0.05) is 26.0 Å². The number of aliphatic hydroxyl groups is 1. The lowest BCUT2D eigenvalue weighted by atomic mass is 10.0. The number of nitrogens with one attached hydrogen (secondary N) is 2. The molecule has 1 unspecified atom stereocenters. The van der Waals surface area contributed by atoms with E-state index in [4.69, 9.17) is 4.74 Å². The first-order valence-corrected chi connectivity index (χ1v) is 7.40. The van der Waals surface area contributed by atoms with E-state index in [1.165, 1.54) is 0 Å². The second kappa shape index (κ2) is 9.37. The van der Waals surface area contributed by atoms with Gasteiger partial charge >= 0.3 is 6.03 Å². The molecular formula is C16H26N2O3. The van der Waals surface area contributed by atoms with Crippen molar-refractivity contribution in [3.63, 3.8) is 0 Å². The summed E-state index contributed by atoms with van der Waals surface area (Å²) in [5, 5.41) is 14.8. The summed E-state index contributed by atoms with van der Waals surface area (Å²) in [5.74, 6) is 0.414. The van der Waals surface area contributed by atoms with Crippen LogP contribution >= 0.6 is 0 Å². The zero-order valence-corrected chi connectivity index (χ0v) is 13.1. The van der Waals surface area contributed by atoms with E-state index in [1.807, 2.05) is 31.2 Å². The van der Waals surface area contributed by atoms with Gasteiger partial charge in [0.15, 0.2) is 0 Å². The number of carbonyl (C=O) groups is 1. The van der Waals surface area contributed by atoms with Gasteiger partial charge in [-0.05, 0) is 37.0 Å². The van der Waals surface area contributed by atoms with Crippen molar-refractivity contribution in [2.75, 3.05) is 18.5 Å². The van der Waals surface area contributed by atoms with Crippen LogP contribution in [-0.4, -0.2) is 30.4 Å². The zero-order chi connectivity index (χ0) is 15.7. The van der Waals surface area contributed by atoms with Gasteiger partial charge in [-0.15, -0.1) is 0 Å². The van der Waals surface area contributed by atoms with Crippen LogP contribution in [0.3, 0.4) is 0 Å². The molecule has 3 N–H and O–H groups in total. The van der Waals surface area contributed by atoms with Crippen molar-refractivity contribution in [1.29, 1.82) is 0 Å². The summed E-state index contributed by atoms with van der Waals surface area (Å²) in [6.07, 6.45) is 0.744. The van der Waals surface area contributed by atoms with E-state index in [2.05, 4.69) is 24.5 Å². The van der Waals surface area contributed by atoms with Crippen molar-refractivity contribution in [2.45, 2.75) is 39.8 Å². The minimum absolute atomic E-state index is 0.0595. The average molecular weight is 294 g/mol. The van der Waals surface area contributed by atoms with Crippen molar-refractivity contribution in [3.05, 3.63) is 29.8 Å². The van der Waals surface area contributed by atoms with Gasteiger partial charge in [0.1, 0.15) is 0 Å². The molecule has 1 atom stereocenters. The quantitative estimate of drug-likeness (QED) is 0.690. The number of ether oxygens (including phenoxy) is 1. The maximum absolute atomic E-state index is 11.9. The molecule has 118 valence electrons. The molecule has 0 saturated heterocycles. The molecule has 5 heteroatoms. The first kappa shape index (κ1) is 17.5. The SMILES string of the molecule is CCOCc1cccc(NC(=O)NC(CO)CC(C)C)c1. The number of amides is 2. The summed E-state index contributed by atoms with van der Waals surface area (Å²) in [7, 11) is 0. The number of rotatable bonds is 8. The third-order valence-electron chi connectivity index (χ3n) is 2.97. The fourth-order valence-corrected chi connectivity index (χ4v) is 2.06. The molecule has 0 radical (unpaired) electrons. The number of hydrogen-bond donors (Lipinski definition) is 3. The van der Waals surface area contributed by atoms with Crippen molar-refractivity contribution < 1.29 is 14.6 Å². The molecule has 1 aromatic rings. The number of aliphatic hydroxyl groups excluding tert-OH is 1. The summed E-state index contributed by atoms with van der Waals surface area (Å²) in [5.41, 5.74) is 1.72. The summed E-state index contributed by atoms with van der Waals surface area (Å²) in [4.78, 5) is 11.9. The van der Waals surface area contributed by atoms with E-state index in [0.717, 1.165) is 12.0 Å². The van der Waals surface area contributed by atoms with Crippen molar-refractivity contribution >= 4 is 11.7 Å². The summed E-state index contributed by atoms with van der Waals surface area (Å²) in [6, 6.07) is 7.01. The maximum Gasteiger partial charge on any atom is 0.319 e. The Morgan fingerprint density at radius 3 is 2.76 bits per heavy atom. The van der Waals surface area contributed by atoms with Crippen LogP contribution in [0.15, 0.2) is 24.3 Å². The Bertz CT molecular complexity index is 435. The van der Waals surface area contributed by atoms with Crippen LogP contribution in [0.1, 0.15) is 32.8 Å². The summed E-state index contributed by atoms with van der Waals surface area (Å²) >= 11 is 0. The first-order chi connectivity index (χ1) is 10.0. The van der Waals surface area contributed by atoms with Crippen molar-refractivity contribution in [1.82, 2.24) is 5.32 Å². The number of anilines is 1. The predicted molar refractivity (Wildman–Crippen MR) is 84.3 cm³/mol. The van der Waals surface area contributed by atoms with Gasteiger partial charge in [0, 0.05) is 12.3 Å². The van der Waals surface area contributed by atoms with Gasteiger partial charge < -0.3 is 20.5 Å². The predicted octanol–water partition coefficient (Wildman–Crippen LogP) is 2.75. The molecule has 0 aromatic heterocycles. The molecule has 5 nitrogen and oxygen atoms in total. The molecule has 1 rings (SSSR count). The fraction of sp³-hybridized carbons (Fsp3) is 0.562. The Hall–Kier alpha value is -1.59. The Morgan fingerprint density at radius 2 is 2.14 bits per heavy atom. The van der Waals surface area contributed by atoms with Gasteiger partial charge in [-0.25, -0.2) is 4.79 Å². The average Bonchev–Trinajstić information content (AvgIpc) is 2.44. The van der Waals surface area contributed by atoms with Gasteiger partial charge in [0.25, 0.3) is 0 Å². The molecule has 0 heterocycles. The van der Waals surface area contributed by atoms with Gasteiger partial charge in [0.05, 0.1) is 19.3 Å². The molecule has 0 bridgehead atoms. The lowest BCUT2D eigenvalue weighted by Crippen LogP contribution is -2.40. The highest BCUT2D eigenvalue weighted by Crippen LogP contribution is 2.12. The molecule has 0 fully saturated rings. The van der Waals surface area contributed by atoms with E-state index >= 15 is 0 Å². The Labute approximate surface area is 126 Å². The molecule has 2 amide bonds. The van der Waals surface area contributed by atoms with Crippen molar-refractivity contribution in [2.24, 2.45) is 5.92 Å². The molecule has 21 heavy (non-hydrogen) atoms. The number of benzene rings is 1. The third-order valence-corrected chi connectivity index (χ3v) is 2.97. The molecule has 1 aromatic carbocycles. The molecule has 0 saturated carbocycles. The molecular weight excluding hydrogens is 268 g/mol. The van der Waals surface area contributed by atoms with Crippen LogP contribution in [-0.2, 0) is 11.3 Å². The van der Waals surface area contributed by atoms with Gasteiger partial charge in [-0.2, -0.15) is 0 Å². The Kier molecular flexibility index (Phi) is 7.79. The van der Waals surface area contributed by atoms with E-state index in [9.17, 15) is 9.90 Å². The fourth-order valence-electron chi connectivity index (χ4n) is 2.06. The third kappa shape index (κ3) is 7.11. The summed E-state index contributed by atoms with van der Waals surface area (Å²) < 4.78 is 5.34. The van der Waals surface area contributed by atoms with Crippen LogP contribution in [0.5, 0.6) is 0 Å². The first-order valence-electron chi connectivity index (χ1n) is 7.40. The molecule has 0 aliphatic carbocycles. The van der Waals surface area contributed by atoms with Crippen LogP contribution in [0.25, 0.3) is 0 Å². The van der Waals surface area contributed by atoms with E-state index < -0.39 is 0 Å². The van der Waals surface area contributed by atoms with Crippen molar-refractivity contribution in [3.8, 4) is 0 Å². The highest BCUT2D eigenvalue weighted by molar-refractivity contribution is 5.89. The molecule has 0 spiro atoms. The smallest absolute Gasteiger partial charge is 0.319 e. The van der Waals surface area contributed by atoms with Crippen LogP contribution in [0, 0.1) is 5.92 Å². The topological polar surface area (TPSA) is 70.6 Å². The highest BCUT2D eigenvalue weighted by Gasteiger charge is 2.13. The standard InChI is InChI=1S/C16H26N2O3/c1-4-21-11-13-6-5-7-14(9-13)17-16(20)18-15(10-19)8-12(2)3/h5-7,9,12,15,19H,4,8,10-11H2,1-3H3,(H2,17,18,20). The van der Waals surface area contributed by atoms with Crippen LogP contribution in [0.4, 0.5) is 10.5 Å². The van der Waals surface area contributed by atoms with Gasteiger partial charge in [-0.3, -0.25) is 0 Å². The summed E-state index contributed by atoms with van der Waals surface area (Å²) in [6.45, 7) is 7.18. The molecule has 0 aliphatic rings. The Balaban J connectivity index is 2.53. The highest BCUT2D eigenvalue weighted by atomic mass is 16.5. The normalized spacial score (nSPS) is 12.2. The second-order valence-corrected chi connectivity index (χ2v) is 5.45. The maximum atomic E-state index is 11.9. The minimum atomic E-state index is -0.303. The largest absolute Gasteiger partial charge is 0.394 e. The van der Waals surface area contributed by atoms with E-state index in [-0.39, 0.29) is 18.7 Å².